The van der Waals surface area contributed by atoms with E-state index in [0.717, 1.165) is 32.2 Å². The fourth-order valence-corrected chi connectivity index (χ4v) is 3.42. The summed E-state index contributed by atoms with van der Waals surface area (Å²) < 4.78 is 18.8. The van der Waals surface area contributed by atoms with Crippen LogP contribution in [0.15, 0.2) is 28.8 Å². The number of aromatic nitrogens is 2. The highest BCUT2D eigenvalue weighted by Gasteiger charge is 2.30. The molecule has 0 aliphatic carbocycles. The Bertz CT molecular complexity index is 727. The van der Waals surface area contributed by atoms with Gasteiger partial charge in [0.05, 0.1) is 5.92 Å². The molecule has 1 saturated heterocycles. The molecule has 6 heteroatoms. The first-order valence-corrected chi connectivity index (χ1v) is 9.00. The third kappa shape index (κ3) is 3.89. The highest BCUT2D eigenvalue weighted by Crippen LogP contribution is 2.29. The Kier molecular flexibility index (Phi) is 5.46. The zero-order chi connectivity index (χ0) is 17.8. The zero-order valence-electron chi connectivity index (χ0n) is 14.7. The molecule has 2 aromatic rings. The van der Waals surface area contributed by atoms with Crippen molar-refractivity contribution in [2.45, 2.75) is 45.4 Å². The molecule has 2 heterocycles. The molecule has 0 saturated carbocycles. The molecule has 1 aliphatic heterocycles. The van der Waals surface area contributed by atoms with Crippen LogP contribution in [0, 0.1) is 11.7 Å². The highest BCUT2D eigenvalue weighted by molar-refractivity contribution is 5.78. The normalized spacial score (nSPS) is 17.9. The molecule has 1 atom stereocenters. The minimum Gasteiger partial charge on any atom is -0.342 e. The van der Waals surface area contributed by atoms with E-state index in [2.05, 4.69) is 24.0 Å². The van der Waals surface area contributed by atoms with E-state index >= 15 is 0 Å². The van der Waals surface area contributed by atoms with Gasteiger partial charge in [0.2, 0.25) is 17.6 Å². The van der Waals surface area contributed by atoms with Gasteiger partial charge in [-0.25, -0.2) is 4.39 Å². The van der Waals surface area contributed by atoms with Crippen LogP contribution in [0.1, 0.15) is 51.3 Å². The minimum absolute atomic E-state index is 0.0434. The Balaban J connectivity index is 1.73. The molecule has 0 spiro atoms. The Morgan fingerprint density at radius 1 is 1.40 bits per heavy atom. The lowest BCUT2D eigenvalue weighted by Crippen LogP contribution is -2.42. The number of likely N-dealkylation sites (tertiary alicyclic amines) is 1. The van der Waals surface area contributed by atoms with Gasteiger partial charge in [0.25, 0.3) is 0 Å². The van der Waals surface area contributed by atoms with Gasteiger partial charge >= 0.3 is 0 Å². The first-order valence-electron chi connectivity index (χ1n) is 9.00. The minimum atomic E-state index is -0.330. The fraction of sp³-hybridized carbons (Fsp3) is 0.526. The molecule has 25 heavy (non-hydrogen) atoms. The van der Waals surface area contributed by atoms with E-state index in [4.69, 9.17) is 4.52 Å². The van der Waals surface area contributed by atoms with Crippen LogP contribution in [0.4, 0.5) is 4.39 Å². The van der Waals surface area contributed by atoms with Crippen LogP contribution >= 0.6 is 0 Å². The summed E-state index contributed by atoms with van der Waals surface area (Å²) in [6.45, 7) is 5.50. The molecule has 1 aromatic heterocycles. The molecular formula is C19H24FN3O2. The first-order chi connectivity index (χ1) is 12.1. The van der Waals surface area contributed by atoms with E-state index in [9.17, 15) is 9.18 Å². The van der Waals surface area contributed by atoms with Crippen molar-refractivity contribution in [3.05, 3.63) is 36.0 Å². The van der Waals surface area contributed by atoms with Crippen LogP contribution in [0.25, 0.3) is 11.4 Å². The van der Waals surface area contributed by atoms with E-state index in [1.54, 1.807) is 12.1 Å². The lowest BCUT2D eigenvalue weighted by atomic mass is 9.95. The lowest BCUT2D eigenvalue weighted by molar-refractivity contribution is -0.137. The number of rotatable bonds is 5. The maximum atomic E-state index is 13.4. The molecule has 0 N–H and O–H groups in total. The third-order valence-corrected chi connectivity index (χ3v) is 4.94. The van der Waals surface area contributed by atoms with E-state index in [-0.39, 0.29) is 23.6 Å². The van der Waals surface area contributed by atoms with Gasteiger partial charge in [0.1, 0.15) is 5.82 Å². The molecule has 134 valence electrons. The van der Waals surface area contributed by atoms with E-state index in [1.165, 1.54) is 12.1 Å². The van der Waals surface area contributed by atoms with Gasteiger partial charge in [0.15, 0.2) is 0 Å². The zero-order valence-corrected chi connectivity index (χ0v) is 14.7. The summed E-state index contributed by atoms with van der Waals surface area (Å²) in [4.78, 5) is 19.0. The van der Waals surface area contributed by atoms with Gasteiger partial charge < -0.3 is 9.42 Å². The SMILES string of the molecule is CCC(CC)C(=O)N1CCCC(c2nc(-c3cccc(F)c3)no2)C1. The van der Waals surface area contributed by atoms with Crippen molar-refractivity contribution in [1.29, 1.82) is 0 Å². The van der Waals surface area contributed by atoms with Crippen molar-refractivity contribution >= 4 is 5.91 Å². The molecule has 1 amide bonds. The molecule has 0 radical (unpaired) electrons. The van der Waals surface area contributed by atoms with E-state index < -0.39 is 0 Å². The number of carbonyl (C=O) groups is 1. The first kappa shape index (κ1) is 17.6. The molecule has 5 nitrogen and oxygen atoms in total. The topological polar surface area (TPSA) is 59.2 Å². The number of benzene rings is 1. The average molecular weight is 345 g/mol. The van der Waals surface area contributed by atoms with Crippen LogP contribution in [0.2, 0.25) is 0 Å². The van der Waals surface area contributed by atoms with Gasteiger partial charge in [-0.3, -0.25) is 4.79 Å². The Morgan fingerprint density at radius 2 is 2.20 bits per heavy atom. The Hall–Kier alpha value is -2.24. The van der Waals surface area contributed by atoms with Crippen LogP contribution in [-0.2, 0) is 4.79 Å². The summed E-state index contributed by atoms with van der Waals surface area (Å²) in [5.74, 6) is 0.938. The summed E-state index contributed by atoms with van der Waals surface area (Å²) >= 11 is 0. The number of piperidine rings is 1. The second-order valence-corrected chi connectivity index (χ2v) is 6.60. The van der Waals surface area contributed by atoms with Crippen molar-refractivity contribution in [2.75, 3.05) is 13.1 Å². The van der Waals surface area contributed by atoms with Crippen LogP contribution in [-0.4, -0.2) is 34.0 Å². The smallest absolute Gasteiger partial charge is 0.231 e. The molecule has 1 fully saturated rings. The summed E-state index contributed by atoms with van der Waals surface area (Å²) in [6.07, 6.45) is 3.56. The number of nitrogens with zero attached hydrogens (tertiary/aromatic N) is 3. The standard InChI is InChI=1S/C19H24FN3O2/c1-3-13(4-2)19(24)23-10-6-8-15(12-23)18-21-17(22-25-18)14-7-5-9-16(20)11-14/h5,7,9,11,13,15H,3-4,6,8,10,12H2,1-2H3. The van der Waals surface area contributed by atoms with Gasteiger partial charge in [-0.05, 0) is 37.8 Å². The second kappa shape index (κ2) is 7.76. The Morgan fingerprint density at radius 3 is 2.92 bits per heavy atom. The number of halogens is 1. The predicted molar refractivity (Wildman–Crippen MR) is 92.3 cm³/mol. The number of hydrogen-bond donors (Lipinski definition) is 0. The molecule has 1 aromatic carbocycles. The van der Waals surface area contributed by atoms with Crippen molar-refractivity contribution in [3.8, 4) is 11.4 Å². The van der Waals surface area contributed by atoms with E-state index in [0.29, 0.717) is 23.8 Å². The fourth-order valence-electron chi connectivity index (χ4n) is 3.42. The summed E-state index contributed by atoms with van der Waals surface area (Å²) in [7, 11) is 0. The number of amides is 1. The van der Waals surface area contributed by atoms with Crippen molar-refractivity contribution in [1.82, 2.24) is 15.0 Å². The van der Waals surface area contributed by atoms with Gasteiger partial charge in [-0.15, -0.1) is 0 Å². The predicted octanol–water partition coefficient (Wildman–Crippen LogP) is 4.02. The number of hydrogen-bond acceptors (Lipinski definition) is 4. The van der Waals surface area contributed by atoms with Crippen LogP contribution in [0.5, 0.6) is 0 Å². The molecule has 0 bridgehead atoms. The monoisotopic (exact) mass is 345 g/mol. The van der Waals surface area contributed by atoms with Crippen molar-refractivity contribution < 1.29 is 13.7 Å². The van der Waals surface area contributed by atoms with E-state index in [1.807, 2.05) is 4.90 Å². The molecule has 3 rings (SSSR count). The van der Waals surface area contributed by atoms with Crippen molar-refractivity contribution in [2.24, 2.45) is 5.92 Å². The molecular weight excluding hydrogens is 321 g/mol. The summed E-state index contributed by atoms with van der Waals surface area (Å²) in [5, 5.41) is 3.98. The lowest BCUT2D eigenvalue weighted by Gasteiger charge is -2.33. The third-order valence-electron chi connectivity index (χ3n) is 4.94. The van der Waals surface area contributed by atoms with Gasteiger partial charge in [0, 0.05) is 24.6 Å². The highest BCUT2D eigenvalue weighted by atomic mass is 19.1. The molecule has 1 aliphatic rings. The van der Waals surface area contributed by atoms with Gasteiger partial charge in [-0.1, -0.05) is 31.1 Å². The maximum Gasteiger partial charge on any atom is 0.231 e. The largest absolute Gasteiger partial charge is 0.342 e. The van der Waals surface area contributed by atoms with Crippen LogP contribution < -0.4 is 0 Å². The summed E-state index contributed by atoms with van der Waals surface area (Å²) in [6, 6.07) is 6.14. The Labute approximate surface area is 147 Å². The van der Waals surface area contributed by atoms with Crippen molar-refractivity contribution in [3.63, 3.8) is 0 Å². The van der Waals surface area contributed by atoms with Gasteiger partial charge in [-0.2, -0.15) is 4.98 Å². The number of carbonyl (C=O) groups excluding carboxylic acids is 1. The second-order valence-electron chi connectivity index (χ2n) is 6.60. The van der Waals surface area contributed by atoms with Crippen LogP contribution in [0.3, 0.4) is 0 Å². The summed E-state index contributed by atoms with van der Waals surface area (Å²) in [5.41, 5.74) is 0.593. The molecule has 1 unspecified atom stereocenters. The maximum absolute atomic E-state index is 13.4. The average Bonchev–Trinajstić information content (AvgIpc) is 3.13. The quantitative estimate of drug-likeness (QED) is 0.821.